The van der Waals surface area contributed by atoms with E-state index in [-0.39, 0.29) is 40.9 Å². The number of amides is 2. The maximum absolute atomic E-state index is 13.2. The zero-order chi connectivity index (χ0) is 25.2. The van der Waals surface area contributed by atoms with E-state index in [1.165, 1.54) is 22.6 Å². The van der Waals surface area contributed by atoms with Crippen LogP contribution in [-0.4, -0.2) is 30.2 Å². The van der Waals surface area contributed by atoms with Gasteiger partial charge in [-0.15, -0.1) is 0 Å². The lowest BCUT2D eigenvalue weighted by Crippen LogP contribution is -2.30. The van der Waals surface area contributed by atoms with Gasteiger partial charge in [-0.3, -0.25) is 19.3 Å². The Morgan fingerprint density at radius 3 is 2.14 bits per heavy atom. The number of hydrogen-bond donors (Lipinski definition) is 0. The number of imide groups is 1. The lowest BCUT2D eigenvalue weighted by molar-refractivity contribution is -0.122. The molecular formula is C29H24ClNO5. The third-order valence-corrected chi connectivity index (χ3v) is 7.31. The van der Waals surface area contributed by atoms with Crippen LogP contribution in [0.1, 0.15) is 51.5 Å². The van der Waals surface area contributed by atoms with Crippen LogP contribution in [-0.2, 0) is 14.3 Å². The number of fused-ring (bicyclic) bond motifs is 1. The summed E-state index contributed by atoms with van der Waals surface area (Å²) < 4.78 is 5.14. The molecule has 7 heteroatoms. The van der Waals surface area contributed by atoms with Gasteiger partial charge in [0.25, 0.3) is 0 Å². The molecule has 2 amide bonds. The minimum atomic E-state index is -0.665. The molecule has 3 aromatic rings. The minimum absolute atomic E-state index is 0.180. The predicted molar refractivity (Wildman–Crippen MR) is 135 cm³/mol. The second-order valence-electron chi connectivity index (χ2n) is 9.20. The summed E-state index contributed by atoms with van der Waals surface area (Å²) in [6, 6.07) is 22.6. The molecule has 3 atom stereocenters. The fourth-order valence-electron chi connectivity index (χ4n) is 5.14. The predicted octanol–water partition coefficient (Wildman–Crippen LogP) is 5.45. The highest BCUT2D eigenvalue weighted by Gasteiger charge is 2.50. The van der Waals surface area contributed by atoms with Crippen molar-refractivity contribution in [3.8, 4) is 0 Å². The molecular weight excluding hydrogens is 478 g/mol. The Morgan fingerprint density at radius 2 is 1.44 bits per heavy atom. The van der Waals surface area contributed by atoms with Gasteiger partial charge in [0.05, 0.1) is 23.1 Å². The molecule has 0 spiro atoms. The molecule has 1 aliphatic heterocycles. The zero-order valence-electron chi connectivity index (χ0n) is 19.4. The van der Waals surface area contributed by atoms with Crippen LogP contribution in [0.15, 0.2) is 78.9 Å². The highest BCUT2D eigenvalue weighted by molar-refractivity contribution is 6.30. The Labute approximate surface area is 213 Å². The standard InChI is InChI=1S/C29H24ClNO5/c30-22-11-6-19(7-12-22)26(32)17-36-29(35)20-8-13-23(14-9-20)31-27(33)24-15-10-21(16-25(24)28(31)34)18-4-2-1-3-5-18/h1-9,11-14,21,24-25H,10,15-17H2/t21-,24-,25-/m1/s1. The molecule has 1 saturated carbocycles. The summed E-state index contributed by atoms with van der Waals surface area (Å²) >= 11 is 5.83. The molecule has 0 bridgehead atoms. The molecule has 0 unspecified atom stereocenters. The van der Waals surface area contributed by atoms with Crippen molar-refractivity contribution in [3.05, 3.63) is 101 Å². The number of esters is 1. The first kappa shape index (κ1) is 23.9. The molecule has 5 rings (SSSR count). The molecule has 0 aromatic heterocycles. The van der Waals surface area contributed by atoms with Gasteiger partial charge in [-0.25, -0.2) is 4.79 Å². The van der Waals surface area contributed by atoms with Crippen molar-refractivity contribution < 1.29 is 23.9 Å². The van der Waals surface area contributed by atoms with Crippen LogP contribution in [0.2, 0.25) is 5.02 Å². The number of rotatable bonds is 6. The van der Waals surface area contributed by atoms with Crippen molar-refractivity contribution in [1.29, 1.82) is 0 Å². The monoisotopic (exact) mass is 501 g/mol. The number of carbonyl (C=O) groups excluding carboxylic acids is 4. The van der Waals surface area contributed by atoms with Crippen LogP contribution in [0, 0.1) is 11.8 Å². The second-order valence-corrected chi connectivity index (χ2v) is 9.64. The number of anilines is 1. The number of benzene rings is 3. The fourth-order valence-corrected chi connectivity index (χ4v) is 5.27. The first-order valence-corrected chi connectivity index (χ1v) is 12.3. The highest BCUT2D eigenvalue weighted by atomic mass is 35.5. The molecule has 0 radical (unpaired) electrons. The Hall–Kier alpha value is -3.77. The average Bonchev–Trinajstić information content (AvgIpc) is 3.17. The Kier molecular flexibility index (Phi) is 6.70. The minimum Gasteiger partial charge on any atom is -0.454 e. The number of ketones is 1. The quantitative estimate of drug-likeness (QED) is 0.255. The zero-order valence-corrected chi connectivity index (χ0v) is 20.2. The molecule has 3 aromatic carbocycles. The van der Waals surface area contributed by atoms with Crippen LogP contribution in [0.25, 0.3) is 0 Å². The Balaban J connectivity index is 1.23. The van der Waals surface area contributed by atoms with Crippen molar-refractivity contribution in [1.82, 2.24) is 0 Å². The van der Waals surface area contributed by atoms with Crippen LogP contribution in [0.3, 0.4) is 0 Å². The number of carbonyl (C=O) groups is 4. The Bertz CT molecular complexity index is 1300. The van der Waals surface area contributed by atoms with Gasteiger partial charge in [-0.1, -0.05) is 41.9 Å². The summed E-state index contributed by atoms with van der Waals surface area (Å²) in [5, 5.41) is 0.508. The summed E-state index contributed by atoms with van der Waals surface area (Å²) in [7, 11) is 0. The molecule has 2 fully saturated rings. The van der Waals surface area contributed by atoms with E-state index in [4.69, 9.17) is 16.3 Å². The van der Waals surface area contributed by atoms with E-state index in [0.717, 1.165) is 6.42 Å². The maximum Gasteiger partial charge on any atom is 0.338 e. The number of Topliss-reactive ketones (excluding diaryl/α,β-unsaturated/α-hetero) is 1. The van der Waals surface area contributed by atoms with E-state index in [2.05, 4.69) is 12.1 Å². The summed E-state index contributed by atoms with van der Waals surface area (Å²) in [4.78, 5) is 52.3. The molecule has 2 aliphatic rings. The topological polar surface area (TPSA) is 80.8 Å². The summed E-state index contributed by atoms with van der Waals surface area (Å²) in [5.74, 6) is -1.75. The molecule has 36 heavy (non-hydrogen) atoms. The van der Waals surface area contributed by atoms with Crippen LogP contribution < -0.4 is 4.90 Å². The average molecular weight is 502 g/mol. The van der Waals surface area contributed by atoms with E-state index in [0.29, 0.717) is 29.1 Å². The number of nitrogens with zero attached hydrogens (tertiary/aromatic N) is 1. The molecule has 1 heterocycles. The van der Waals surface area contributed by atoms with Crippen molar-refractivity contribution in [3.63, 3.8) is 0 Å². The van der Waals surface area contributed by atoms with E-state index in [1.54, 1.807) is 36.4 Å². The normalized spacial score (nSPS) is 21.2. The molecule has 6 nitrogen and oxygen atoms in total. The lowest BCUT2D eigenvalue weighted by Gasteiger charge is -2.28. The van der Waals surface area contributed by atoms with E-state index in [1.807, 2.05) is 18.2 Å². The third-order valence-electron chi connectivity index (χ3n) is 7.06. The molecule has 0 N–H and O–H groups in total. The maximum atomic E-state index is 13.2. The Morgan fingerprint density at radius 1 is 0.806 bits per heavy atom. The summed E-state index contributed by atoms with van der Waals surface area (Å²) in [6.45, 7) is -0.406. The largest absolute Gasteiger partial charge is 0.454 e. The van der Waals surface area contributed by atoms with Gasteiger partial charge < -0.3 is 4.74 Å². The first-order chi connectivity index (χ1) is 17.4. The van der Waals surface area contributed by atoms with Crippen molar-refractivity contribution in [2.75, 3.05) is 11.5 Å². The van der Waals surface area contributed by atoms with E-state index in [9.17, 15) is 19.2 Å². The lowest BCUT2D eigenvalue weighted by atomic mass is 9.73. The molecule has 1 saturated heterocycles. The van der Waals surface area contributed by atoms with E-state index < -0.39 is 12.6 Å². The van der Waals surface area contributed by atoms with Gasteiger partial charge in [0, 0.05) is 10.6 Å². The van der Waals surface area contributed by atoms with Crippen LogP contribution >= 0.6 is 11.6 Å². The van der Waals surface area contributed by atoms with Crippen LogP contribution in [0.5, 0.6) is 0 Å². The van der Waals surface area contributed by atoms with Gasteiger partial charge in [0.2, 0.25) is 11.8 Å². The van der Waals surface area contributed by atoms with Gasteiger partial charge in [-0.05, 0) is 79.3 Å². The van der Waals surface area contributed by atoms with Gasteiger partial charge in [0.15, 0.2) is 12.4 Å². The van der Waals surface area contributed by atoms with Gasteiger partial charge in [0.1, 0.15) is 0 Å². The summed E-state index contributed by atoms with van der Waals surface area (Å²) in [6.07, 6.45) is 2.21. The van der Waals surface area contributed by atoms with Crippen molar-refractivity contribution in [2.45, 2.75) is 25.2 Å². The van der Waals surface area contributed by atoms with Crippen molar-refractivity contribution in [2.24, 2.45) is 11.8 Å². The highest BCUT2D eigenvalue weighted by Crippen LogP contribution is 2.45. The number of hydrogen-bond acceptors (Lipinski definition) is 5. The SMILES string of the molecule is O=C(COC(=O)c1ccc(N2C(=O)[C@@H]3CC[C@@H](c4ccccc4)C[C@H]3C2=O)cc1)c1ccc(Cl)cc1. The van der Waals surface area contributed by atoms with Gasteiger partial charge >= 0.3 is 5.97 Å². The molecule has 182 valence electrons. The number of ether oxygens (including phenoxy) is 1. The van der Waals surface area contributed by atoms with E-state index >= 15 is 0 Å². The van der Waals surface area contributed by atoms with Crippen LogP contribution in [0.4, 0.5) is 5.69 Å². The first-order valence-electron chi connectivity index (χ1n) is 11.9. The molecule has 1 aliphatic carbocycles. The summed E-state index contributed by atoms with van der Waals surface area (Å²) in [5.41, 5.74) is 2.25. The number of halogens is 1. The third kappa shape index (κ3) is 4.69. The smallest absolute Gasteiger partial charge is 0.338 e. The van der Waals surface area contributed by atoms with Crippen molar-refractivity contribution >= 4 is 40.9 Å². The fraction of sp³-hybridized carbons (Fsp3) is 0.241. The van der Waals surface area contributed by atoms with Gasteiger partial charge in [-0.2, -0.15) is 0 Å². The second kappa shape index (κ2) is 10.1.